The van der Waals surface area contributed by atoms with Crippen molar-refractivity contribution in [1.82, 2.24) is 24.5 Å². The minimum absolute atomic E-state index is 0.0907. The first-order chi connectivity index (χ1) is 27.8. The molecule has 0 amide bonds. The zero-order valence-corrected chi connectivity index (χ0v) is 30.8. The summed E-state index contributed by atoms with van der Waals surface area (Å²) in [5, 5.41) is 2.55. The van der Waals surface area contributed by atoms with E-state index in [0.717, 1.165) is 47.5 Å². The van der Waals surface area contributed by atoms with Gasteiger partial charge in [0.2, 0.25) is 0 Å². The Bertz CT molecular complexity index is 2720. The van der Waals surface area contributed by atoms with Gasteiger partial charge in [0.1, 0.15) is 12.7 Å². The van der Waals surface area contributed by atoms with E-state index in [1.165, 1.54) is 62.4 Å². The van der Waals surface area contributed by atoms with Crippen molar-refractivity contribution in [2.24, 2.45) is 0 Å². The molecule has 5 aromatic carbocycles. The highest BCUT2D eigenvalue weighted by molar-refractivity contribution is 6.15. The van der Waals surface area contributed by atoms with Gasteiger partial charge in [0.05, 0.1) is 22.8 Å². The lowest BCUT2D eigenvalue weighted by molar-refractivity contribution is 0.787. The van der Waals surface area contributed by atoms with E-state index < -0.39 is 0 Å². The summed E-state index contributed by atoms with van der Waals surface area (Å²) in [6.07, 6.45) is 21.6. The van der Waals surface area contributed by atoms with Crippen LogP contribution in [0.15, 0.2) is 189 Å². The van der Waals surface area contributed by atoms with Gasteiger partial charge >= 0.3 is 0 Å². The van der Waals surface area contributed by atoms with Gasteiger partial charge in [-0.3, -0.25) is 4.98 Å². The van der Waals surface area contributed by atoms with Crippen molar-refractivity contribution in [3.8, 4) is 33.8 Å². The molecule has 10 rings (SSSR count). The van der Waals surface area contributed by atoms with Crippen LogP contribution in [0.1, 0.15) is 24.8 Å². The van der Waals surface area contributed by atoms with Crippen LogP contribution < -0.4 is 4.90 Å². The fraction of sp³-hybridized carbons (Fsp3) is 0.0800. The summed E-state index contributed by atoms with van der Waals surface area (Å²) in [5.41, 5.74) is 13.9. The highest BCUT2D eigenvalue weighted by Crippen LogP contribution is 2.42. The summed E-state index contributed by atoms with van der Waals surface area (Å²) in [6, 6.07) is 47.8. The highest BCUT2D eigenvalue weighted by Gasteiger charge is 2.24. The number of hydrogen-bond acceptors (Lipinski definition) is 5. The van der Waals surface area contributed by atoms with Crippen LogP contribution in [-0.2, 0) is 0 Å². The molecule has 6 heteroatoms. The summed E-state index contributed by atoms with van der Waals surface area (Å²) < 4.78 is 2.50. The largest absolute Gasteiger partial charge is 0.334 e. The minimum atomic E-state index is 0.0907. The molecule has 268 valence electrons. The van der Waals surface area contributed by atoms with E-state index in [0.29, 0.717) is 5.82 Å². The smallest absolute Gasteiger partial charge is 0.162 e. The first kappa shape index (κ1) is 33.4. The molecule has 0 spiro atoms. The third-order valence-corrected chi connectivity index (χ3v) is 10.9. The molecule has 1 atom stereocenters. The Hall–Kier alpha value is -7.18. The first-order valence-electron chi connectivity index (χ1n) is 19.2. The monoisotopic (exact) mass is 722 g/mol. The number of hydrogen-bond donors (Lipinski definition) is 0. The van der Waals surface area contributed by atoms with Crippen LogP contribution in [0.2, 0.25) is 0 Å². The predicted molar refractivity (Wildman–Crippen MR) is 230 cm³/mol. The summed E-state index contributed by atoms with van der Waals surface area (Å²) >= 11 is 0. The number of benzene rings is 5. The van der Waals surface area contributed by atoms with Gasteiger partial charge < -0.3 is 9.47 Å². The minimum Gasteiger partial charge on any atom is -0.334 e. The molecule has 0 bridgehead atoms. The van der Waals surface area contributed by atoms with E-state index in [4.69, 9.17) is 0 Å². The van der Waals surface area contributed by atoms with Gasteiger partial charge in [0.15, 0.2) is 5.82 Å². The van der Waals surface area contributed by atoms with Crippen LogP contribution in [0, 0.1) is 0 Å². The van der Waals surface area contributed by atoms with Crippen LogP contribution in [0.25, 0.3) is 66.8 Å². The Morgan fingerprint density at radius 1 is 0.643 bits per heavy atom. The van der Waals surface area contributed by atoms with E-state index in [2.05, 4.69) is 181 Å². The molecule has 3 aromatic heterocycles. The molecule has 56 heavy (non-hydrogen) atoms. The van der Waals surface area contributed by atoms with Crippen LogP contribution >= 0.6 is 0 Å². The van der Waals surface area contributed by atoms with E-state index in [9.17, 15) is 0 Å². The SMILES string of the molecule is C1=CCCC(n2c3ccccc3c3cc(C4=CCC(N(c5ccc(-c6ccccn6)cc5)c5ccc(-c6ncncn6)cc5)C=C4)cc(-c4ccccc4)c32)=C1. The third-order valence-electron chi connectivity index (χ3n) is 10.9. The Kier molecular flexibility index (Phi) is 8.69. The van der Waals surface area contributed by atoms with Crippen molar-refractivity contribution in [3.05, 3.63) is 194 Å². The lowest BCUT2D eigenvalue weighted by Crippen LogP contribution is -2.30. The normalized spacial score (nSPS) is 15.2. The maximum atomic E-state index is 4.58. The molecular weight excluding hydrogens is 685 g/mol. The topological polar surface area (TPSA) is 59.7 Å². The number of para-hydroxylation sites is 1. The molecule has 0 fully saturated rings. The zero-order chi connectivity index (χ0) is 37.3. The molecule has 6 nitrogen and oxygen atoms in total. The van der Waals surface area contributed by atoms with Crippen LogP contribution in [0.3, 0.4) is 0 Å². The maximum absolute atomic E-state index is 4.58. The summed E-state index contributed by atoms with van der Waals surface area (Å²) in [4.78, 5) is 19.7. The van der Waals surface area contributed by atoms with Gasteiger partial charge in [-0.15, -0.1) is 0 Å². The van der Waals surface area contributed by atoms with Gasteiger partial charge in [-0.25, -0.2) is 15.0 Å². The van der Waals surface area contributed by atoms with E-state index in [-0.39, 0.29) is 6.04 Å². The Labute approximate surface area is 326 Å². The third kappa shape index (κ3) is 6.21. The molecule has 0 saturated heterocycles. The summed E-state index contributed by atoms with van der Waals surface area (Å²) in [5.74, 6) is 0.658. The first-order valence-corrected chi connectivity index (χ1v) is 19.2. The molecule has 2 aliphatic carbocycles. The van der Waals surface area contributed by atoms with E-state index >= 15 is 0 Å². The Morgan fingerprint density at radius 2 is 1.39 bits per heavy atom. The van der Waals surface area contributed by atoms with Gasteiger partial charge in [0.25, 0.3) is 0 Å². The fourth-order valence-corrected chi connectivity index (χ4v) is 8.21. The predicted octanol–water partition coefficient (Wildman–Crippen LogP) is 12.1. The highest BCUT2D eigenvalue weighted by atomic mass is 15.2. The second-order valence-corrected chi connectivity index (χ2v) is 14.2. The second-order valence-electron chi connectivity index (χ2n) is 14.2. The molecule has 2 aliphatic rings. The number of rotatable bonds is 8. The van der Waals surface area contributed by atoms with Crippen molar-refractivity contribution >= 4 is 44.5 Å². The molecule has 0 radical (unpaired) electrons. The van der Waals surface area contributed by atoms with Crippen LogP contribution in [0.4, 0.5) is 11.4 Å². The van der Waals surface area contributed by atoms with Gasteiger partial charge in [-0.2, -0.15) is 0 Å². The molecular formula is C50H38N6. The van der Waals surface area contributed by atoms with Gasteiger partial charge in [-0.1, -0.05) is 97.1 Å². The average molecular weight is 723 g/mol. The number of allylic oxidation sites excluding steroid dienone is 6. The number of nitrogens with zero attached hydrogens (tertiary/aromatic N) is 6. The molecule has 0 saturated carbocycles. The standard InChI is InChI=1S/C50H38N6/c1-3-11-36(12-4-1)45-31-39(32-46-44-15-7-8-17-48(44)56(49(45)46)40-13-5-2-6-14-40)35-18-24-41(25-19-35)55(42-26-20-37(21-27-42)47-16-9-10-30-52-47)43-28-22-38(23-29-43)50-53-33-51-34-54-50/h1-5,7-13,15-24,26-34,41H,6,14,25H2. The van der Waals surface area contributed by atoms with Crippen molar-refractivity contribution in [2.75, 3.05) is 4.90 Å². The van der Waals surface area contributed by atoms with Crippen molar-refractivity contribution in [1.29, 1.82) is 0 Å². The Balaban J connectivity index is 1.05. The number of fused-ring (bicyclic) bond motifs is 3. The van der Waals surface area contributed by atoms with Crippen LogP contribution in [0.5, 0.6) is 0 Å². The molecule has 3 heterocycles. The quantitative estimate of drug-likeness (QED) is 0.156. The lowest BCUT2D eigenvalue weighted by Gasteiger charge is -2.33. The summed E-state index contributed by atoms with van der Waals surface area (Å²) in [7, 11) is 0. The van der Waals surface area contributed by atoms with E-state index in [1.54, 1.807) is 0 Å². The van der Waals surface area contributed by atoms with Crippen molar-refractivity contribution in [2.45, 2.75) is 25.3 Å². The molecule has 0 aliphatic heterocycles. The van der Waals surface area contributed by atoms with Crippen molar-refractivity contribution < 1.29 is 0 Å². The maximum Gasteiger partial charge on any atom is 0.162 e. The number of pyridine rings is 1. The zero-order valence-electron chi connectivity index (χ0n) is 30.8. The Morgan fingerprint density at radius 3 is 2.11 bits per heavy atom. The lowest BCUT2D eigenvalue weighted by atomic mass is 9.91. The van der Waals surface area contributed by atoms with Crippen LogP contribution in [-0.4, -0.2) is 30.5 Å². The van der Waals surface area contributed by atoms with Crippen molar-refractivity contribution in [3.63, 3.8) is 0 Å². The fourth-order valence-electron chi connectivity index (χ4n) is 8.21. The summed E-state index contributed by atoms with van der Waals surface area (Å²) in [6.45, 7) is 0. The molecule has 0 N–H and O–H groups in total. The van der Waals surface area contributed by atoms with Gasteiger partial charge in [-0.05, 0) is 109 Å². The van der Waals surface area contributed by atoms with E-state index in [1.807, 2.05) is 24.4 Å². The molecule has 8 aromatic rings. The van der Waals surface area contributed by atoms with Gasteiger partial charge in [0, 0.05) is 50.7 Å². The average Bonchev–Trinajstić information content (AvgIpc) is 3.62. The second kappa shape index (κ2) is 14.6. The number of anilines is 2. The molecule has 1 unspecified atom stereocenters. The number of aromatic nitrogens is 5.